The molecule has 0 spiro atoms. The molecule has 0 radical (unpaired) electrons. The Hall–Kier alpha value is -0.650. The number of rotatable bonds is 10. The molecule has 3 aliphatic rings. The van der Waals surface area contributed by atoms with E-state index in [9.17, 15) is 4.79 Å². The van der Waals surface area contributed by atoms with Crippen LogP contribution in [0.5, 0.6) is 0 Å². The van der Waals surface area contributed by atoms with Gasteiger partial charge in [-0.1, -0.05) is 44.9 Å². The summed E-state index contributed by atoms with van der Waals surface area (Å²) in [7, 11) is 2.06. The van der Waals surface area contributed by atoms with Crippen LogP contribution in [0.3, 0.4) is 0 Å². The minimum Gasteiger partial charge on any atom is -0.395 e. The number of hydrogen-bond donors (Lipinski definition) is 3. The van der Waals surface area contributed by atoms with E-state index < -0.39 is 0 Å². The molecule has 0 saturated heterocycles. The molecule has 168 valence electrons. The van der Waals surface area contributed by atoms with Crippen molar-refractivity contribution in [3.05, 3.63) is 0 Å². The number of amides is 1. The predicted octanol–water partition coefficient (Wildman–Crippen LogP) is 3.50. The van der Waals surface area contributed by atoms with Gasteiger partial charge in [-0.15, -0.1) is 0 Å². The van der Waals surface area contributed by atoms with Crippen molar-refractivity contribution >= 4 is 5.91 Å². The summed E-state index contributed by atoms with van der Waals surface area (Å²) in [5.41, 5.74) is 0. The van der Waals surface area contributed by atoms with Crippen LogP contribution in [0.15, 0.2) is 0 Å². The second-order valence-corrected chi connectivity index (χ2v) is 9.85. The number of aliphatic hydroxyl groups excluding tert-OH is 1. The van der Waals surface area contributed by atoms with E-state index in [0.29, 0.717) is 24.3 Å². The summed E-state index contributed by atoms with van der Waals surface area (Å²) < 4.78 is 6.41. The van der Waals surface area contributed by atoms with Crippen LogP contribution in [0.2, 0.25) is 0 Å². The molecule has 3 unspecified atom stereocenters. The number of hydrogen-bond acceptors (Lipinski definition) is 4. The SMILES string of the molecule is CNC[C@H](C1CCC2CCCCC2C1)[C@H](OCC(=O)NCCO)C1CCCCC1. The Labute approximate surface area is 177 Å². The van der Waals surface area contributed by atoms with Gasteiger partial charge < -0.3 is 20.5 Å². The Morgan fingerprint density at radius 1 is 0.966 bits per heavy atom. The Balaban J connectivity index is 1.67. The molecule has 0 aromatic rings. The van der Waals surface area contributed by atoms with Crippen LogP contribution < -0.4 is 10.6 Å². The highest BCUT2D eigenvalue weighted by molar-refractivity contribution is 5.77. The molecule has 1 amide bonds. The second-order valence-electron chi connectivity index (χ2n) is 9.85. The number of ether oxygens (including phenoxy) is 1. The first-order chi connectivity index (χ1) is 14.2. The minimum atomic E-state index is -0.0981. The van der Waals surface area contributed by atoms with Crippen molar-refractivity contribution in [2.75, 3.05) is 33.4 Å². The maximum absolute atomic E-state index is 12.2. The lowest BCUT2D eigenvalue weighted by Gasteiger charge is -2.45. The van der Waals surface area contributed by atoms with Gasteiger partial charge in [0.15, 0.2) is 0 Å². The molecule has 5 nitrogen and oxygen atoms in total. The second kappa shape index (κ2) is 12.3. The van der Waals surface area contributed by atoms with Crippen molar-refractivity contribution in [1.82, 2.24) is 10.6 Å². The normalized spacial score (nSPS) is 30.3. The fourth-order valence-corrected chi connectivity index (χ4v) is 6.58. The fourth-order valence-electron chi connectivity index (χ4n) is 6.58. The smallest absolute Gasteiger partial charge is 0.246 e. The summed E-state index contributed by atoms with van der Waals surface area (Å²) in [5.74, 6) is 3.58. The van der Waals surface area contributed by atoms with Crippen LogP contribution in [-0.2, 0) is 9.53 Å². The molecule has 3 rings (SSSR count). The third kappa shape index (κ3) is 6.67. The minimum absolute atomic E-state index is 0.0230. The molecule has 0 aromatic carbocycles. The first-order valence-corrected chi connectivity index (χ1v) is 12.4. The summed E-state index contributed by atoms with van der Waals surface area (Å²) in [5, 5.41) is 15.2. The van der Waals surface area contributed by atoms with E-state index in [1.165, 1.54) is 77.0 Å². The van der Waals surface area contributed by atoms with Gasteiger partial charge in [-0.2, -0.15) is 0 Å². The van der Waals surface area contributed by atoms with Crippen molar-refractivity contribution in [2.45, 2.75) is 83.2 Å². The van der Waals surface area contributed by atoms with E-state index in [2.05, 4.69) is 17.7 Å². The van der Waals surface area contributed by atoms with Crippen molar-refractivity contribution in [3.63, 3.8) is 0 Å². The van der Waals surface area contributed by atoms with Crippen LogP contribution in [0.4, 0.5) is 0 Å². The molecule has 3 saturated carbocycles. The van der Waals surface area contributed by atoms with Gasteiger partial charge in [0.05, 0.1) is 12.7 Å². The fraction of sp³-hybridized carbons (Fsp3) is 0.958. The number of nitrogens with one attached hydrogen (secondary N) is 2. The van der Waals surface area contributed by atoms with Crippen LogP contribution in [-0.4, -0.2) is 50.5 Å². The third-order valence-electron chi connectivity index (χ3n) is 8.00. The highest BCUT2D eigenvalue weighted by Gasteiger charge is 2.40. The Morgan fingerprint density at radius 2 is 1.69 bits per heavy atom. The van der Waals surface area contributed by atoms with Crippen molar-refractivity contribution < 1.29 is 14.6 Å². The van der Waals surface area contributed by atoms with Gasteiger partial charge >= 0.3 is 0 Å². The zero-order chi connectivity index (χ0) is 20.5. The third-order valence-corrected chi connectivity index (χ3v) is 8.00. The van der Waals surface area contributed by atoms with Gasteiger partial charge in [-0.05, 0) is 62.8 Å². The lowest BCUT2D eigenvalue weighted by molar-refractivity contribution is -0.133. The molecule has 3 fully saturated rings. The first kappa shape index (κ1) is 23.0. The summed E-state index contributed by atoms with van der Waals surface area (Å²) in [6, 6.07) is 0. The van der Waals surface area contributed by atoms with Crippen LogP contribution in [0.1, 0.15) is 77.0 Å². The van der Waals surface area contributed by atoms with E-state index in [1.54, 1.807) is 0 Å². The molecule has 0 bridgehead atoms. The molecule has 29 heavy (non-hydrogen) atoms. The van der Waals surface area contributed by atoms with Gasteiger partial charge in [0, 0.05) is 19.0 Å². The summed E-state index contributed by atoms with van der Waals surface area (Å²) >= 11 is 0. The molecule has 0 heterocycles. The van der Waals surface area contributed by atoms with Gasteiger partial charge in [0.1, 0.15) is 6.61 Å². The predicted molar refractivity (Wildman–Crippen MR) is 117 cm³/mol. The molecular formula is C24H44N2O3. The van der Waals surface area contributed by atoms with Gasteiger partial charge in [0.2, 0.25) is 5.91 Å². The van der Waals surface area contributed by atoms with Gasteiger partial charge in [-0.3, -0.25) is 4.79 Å². The Kier molecular flexibility index (Phi) is 9.74. The van der Waals surface area contributed by atoms with Crippen LogP contribution in [0, 0.1) is 29.6 Å². The molecule has 5 heteroatoms. The van der Waals surface area contributed by atoms with E-state index in [4.69, 9.17) is 9.84 Å². The highest BCUT2D eigenvalue weighted by Crippen LogP contribution is 2.46. The molecule has 5 atom stereocenters. The zero-order valence-electron chi connectivity index (χ0n) is 18.5. The van der Waals surface area contributed by atoms with Crippen molar-refractivity contribution in [2.24, 2.45) is 29.6 Å². The number of carbonyl (C=O) groups is 1. The number of aliphatic hydroxyl groups is 1. The maximum atomic E-state index is 12.2. The summed E-state index contributed by atoms with van der Waals surface area (Å²) in [6.45, 7) is 1.40. The Bertz CT molecular complexity index is 481. The van der Waals surface area contributed by atoms with E-state index in [0.717, 1.165) is 18.4 Å². The number of carbonyl (C=O) groups excluding carboxylic acids is 1. The van der Waals surface area contributed by atoms with Gasteiger partial charge in [0.25, 0.3) is 0 Å². The quantitative estimate of drug-likeness (QED) is 0.517. The molecule has 3 N–H and O–H groups in total. The molecular weight excluding hydrogens is 364 g/mol. The monoisotopic (exact) mass is 408 g/mol. The molecule has 0 aliphatic heterocycles. The summed E-state index contributed by atoms with van der Waals surface area (Å²) in [6.07, 6.45) is 16.4. The largest absolute Gasteiger partial charge is 0.395 e. The lowest BCUT2D eigenvalue weighted by atomic mass is 9.63. The van der Waals surface area contributed by atoms with Crippen LogP contribution >= 0.6 is 0 Å². The van der Waals surface area contributed by atoms with E-state index in [1.807, 2.05) is 0 Å². The Morgan fingerprint density at radius 3 is 2.41 bits per heavy atom. The lowest BCUT2D eigenvalue weighted by Crippen LogP contribution is -2.46. The standard InChI is InChI=1S/C24H44N2O3/c1-25-16-22(21-12-11-18-7-5-6-10-20(18)15-21)24(19-8-3-2-4-9-19)29-17-23(28)26-13-14-27/h18-22,24-25,27H,2-17H2,1H3,(H,26,28)/t18?,20?,21?,22-,24-/m1/s1. The average Bonchev–Trinajstić information content (AvgIpc) is 2.77. The van der Waals surface area contributed by atoms with Crippen molar-refractivity contribution in [1.29, 1.82) is 0 Å². The zero-order valence-corrected chi connectivity index (χ0v) is 18.5. The van der Waals surface area contributed by atoms with E-state index in [-0.39, 0.29) is 25.2 Å². The average molecular weight is 409 g/mol. The first-order valence-electron chi connectivity index (χ1n) is 12.4. The topological polar surface area (TPSA) is 70.6 Å². The maximum Gasteiger partial charge on any atom is 0.246 e. The highest BCUT2D eigenvalue weighted by atomic mass is 16.5. The summed E-state index contributed by atoms with van der Waals surface area (Å²) in [4.78, 5) is 12.2. The van der Waals surface area contributed by atoms with Gasteiger partial charge in [-0.25, -0.2) is 0 Å². The van der Waals surface area contributed by atoms with Crippen molar-refractivity contribution in [3.8, 4) is 0 Å². The molecule has 0 aromatic heterocycles. The number of fused-ring (bicyclic) bond motifs is 1. The van der Waals surface area contributed by atoms with E-state index >= 15 is 0 Å². The van der Waals surface area contributed by atoms with Crippen LogP contribution in [0.25, 0.3) is 0 Å². The molecule has 3 aliphatic carbocycles.